The lowest BCUT2D eigenvalue weighted by molar-refractivity contribution is 0.661. The van der Waals surface area contributed by atoms with Gasteiger partial charge in [0.15, 0.2) is 0 Å². The Bertz CT molecular complexity index is 3090. The highest BCUT2D eigenvalue weighted by atomic mass is 14.4. The Hall–Kier alpha value is -6.76. The van der Waals surface area contributed by atoms with Crippen LogP contribution in [0.2, 0.25) is 0 Å². The van der Waals surface area contributed by atoms with E-state index in [4.69, 9.17) is 0 Å². The molecule has 0 heteroatoms. The van der Waals surface area contributed by atoms with Gasteiger partial charge in [-0.25, -0.2) is 0 Å². The van der Waals surface area contributed by atoms with Crippen LogP contribution in [0.25, 0.3) is 98.7 Å². The number of fused-ring (bicyclic) bond motifs is 8. The molecule has 258 valence electrons. The molecular formula is C55H38. The second-order valence-corrected chi connectivity index (χ2v) is 15.6. The molecule has 1 aliphatic carbocycles. The van der Waals surface area contributed by atoms with E-state index in [0.29, 0.717) is 0 Å². The van der Waals surface area contributed by atoms with Crippen LogP contribution in [0.3, 0.4) is 0 Å². The molecular weight excluding hydrogens is 661 g/mol. The first-order chi connectivity index (χ1) is 27.1. The van der Waals surface area contributed by atoms with Gasteiger partial charge in [0, 0.05) is 5.41 Å². The van der Waals surface area contributed by atoms with Crippen LogP contribution in [0, 0.1) is 0 Å². The van der Waals surface area contributed by atoms with Crippen LogP contribution >= 0.6 is 0 Å². The van der Waals surface area contributed by atoms with Crippen molar-refractivity contribution < 1.29 is 0 Å². The highest BCUT2D eigenvalue weighted by Gasteiger charge is 2.36. The summed E-state index contributed by atoms with van der Waals surface area (Å²) in [6, 6.07) is 72.0. The second kappa shape index (κ2) is 12.1. The summed E-state index contributed by atoms with van der Waals surface area (Å²) in [5.41, 5.74) is 15.5. The van der Waals surface area contributed by atoms with Crippen molar-refractivity contribution in [1.29, 1.82) is 0 Å². The molecule has 0 unspecified atom stereocenters. The minimum Gasteiger partial charge on any atom is -0.0622 e. The Balaban J connectivity index is 1.05. The molecule has 1 aliphatic rings. The molecule has 0 saturated heterocycles. The zero-order chi connectivity index (χ0) is 36.7. The molecule has 0 heterocycles. The maximum atomic E-state index is 2.44. The summed E-state index contributed by atoms with van der Waals surface area (Å²) in [5, 5.41) is 10.3. The lowest BCUT2D eigenvalue weighted by Crippen LogP contribution is -2.15. The fourth-order valence-electron chi connectivity index (χ4n) is 9.63. The van der Waals surface area contributed by atoms with Crippen LogP contribution < -0.4 is 0 Å². The van der Waals surface area contributed by atoms with E-state index >= 15 is 0 Å². The molecule has 0 fully saturated rings. The summed E-state index contributed by atoms with van der Waals surface area (Å²) < 4.78 is 0. The van der Waals surface area contributed by atoms with Crippen molar-refractivity contribution >= 4 is 43.1 Å². The zero-order valence-electron chi connectivity index (χ0n) is 31.0. The van der Waals surface area contributed by atoms with E-state index in [9.17, 15) is 0 Å². The predicted octanol–water partition coefficient (Wildman–Crippen LogP) is 15.3. The first-order valence-corrected chi connectivity index (χ1v) is 19.4. The van der Waals surface area contributed by atoms with Crippen molar-refractivity contribution in [2.75, 3.05) is 0 Å². The SMILES string of the molecule is CC1(C)c2cc(-c3ccc(-c4c5ccccc5c(-c5ccc(-c6ccccc6)c6ccccc56)c5ccccc45)cc3)ccc2-c2c1ccc1ccccc21. The van der Waals surface area contributed by atoms with Gasteiger partial charge in [0.2, 0.25) is 0 Å². The van der Waals surface area contributed by atoms with Crippen molar-refractivity contribution in [1.82, 2.24) is 0 Å². The molecule has 11 rings (SSSR count). The minimum absolute atomic E-state index is 0.0720. The summed E-state index contributed by atoms with van der Waals surface area (Å²) in [4.78, 5) is 0. The van der Waals surface area contributed by atoms with E-state index < -0.39 is 0 Å². The third-order valence-corrected chi connectivity index (χ3v) is 12.3. The van der Waals surface area contributed by atoms with E-state index in [1.165, 1.54) is 110 Å². The average Bonchev–Trinajstić information content (AvgIpc) is 3.48. The third kappa shape index (κ3) is 4.78. The first-order valence-electron chi connectivity index (χ1n) is 19.4. The summed E-state index contributed by atoms with van der Waals surface area (Å²) in [6.07, 6.45) is 0. The van der Waals surface area contributed by atoms with Gasteiger partial charge >= 0.3 is 0 Å². The fourth-order valence-corrected chi connectivity index (χ4v) is 9.63. The van der Waals surface area contributed by atoms with Crippen molar-refractivity contribution in [3.05, 3.63) is 205 Å². The molecule has 0 N–H and O–H groups in total. The van der Waals surface area contributed by atoms with E-state index in [1.807, 2.05) is 0 Å². The molecule has 0 nitrogen and oxygen atoms in total. The van der Waals surface area contributed by atoms with Gasteiger partial charge in [0.25, 0.3) is 0 Å². The molecule has 0 amide bonds. The number of benzene rings is 10. The van der Waals surface area contributed by atoms with Crippen LogP contribution in [0.1, 0.15) is 25.0 Å². The normalized spacial score (nSPS) is 13.1. The van der Waals surface area contributed by atoms with Gasteiger partial charge in [-0.3, -0.25) is 0 Å². The molecule has 0 bridgehead atoms. The summed E-state index contributed by atoms with van der Waals surface area (Å²) in [7, 11) is 0. The van der Waals surface area contributed by atoms with E-state index in [0.717, 1.165) is 0 Å². The van der Waals surface area contributed by atoms with Crippen LogP contribution in [0.5, 0.6) is 0 Å². The Morgan fingerprint density at radius 3 is 1.44 bits per heavy atom. The Kier molecular flexibility index (Phi) is 7.00. The highest BCUT2D eigenvalue weighted by molar-refractivity contribution is 6.24. The maximum absolute atomic E-state index is 2.44. The number of hydrogen-bond acceptors (Lipinski definition) is 0. The molecule has 0 aromatic heterocycles. The lowest BCUT2D eigenvalue weighted by Gasteiger charge is -2.22. The standard InChI is InChI=1S/C55H38/c1-55(2)50-33-29-37-16-6-7-17-41(37)54(50)49-30-28-39(34-51(49)55)35-24-26-38(27-25-35)52-44-20-10-12-22-46(44)53(47-23-13-11-21-45(47)52)48-32-31-40(36-14-4-3-5-15-36)42-18-8-9-19-43(42)48/h3-34H,1-2H3. The van der Waals surface area contributed by atoms with Gasteiger partial charge in [-0.15, -0.1) is 0 Å². The summed E-state index contributed by atoms with van der Waals surface area (Å²) >= 11 is 0. The maximum Gasteiger partial charge on any atom is 0.0159 e. The van der Waals surface area contributed by atoms with E-state index in [2.05, 4.69) is 208 Å². The Morgan fingerprint density at radius 2 is 0.764 bits per heavy atom. The van der Waals surface area contributed by atoms with Crippen LogP contribution in [0.4, 0.5) is 0 Å². The monoisotopic (exact) mass is 698 g/mol. The summed E-state index contributed by atoms with van der Waals surface area (Å²) in [6.45, 7) is 4.75. The molecule has 0 aliphatic heterocycles. The Labute approximate surface area is 322 Å². The summed E-state index contributed by atoms with van der Waals surface area (Å²) in [5.74, 6) is 0. The van der Waals surface area contributed by atoms with Crippen molar-refractivity contribution in [2.45, 2.75) is 19.3 Å². The second-order valence-electron chi connectivity index (χ2n) is 15.6. The molecule has 0 spiro atoms. The highest BCUT2D eigenvalue weighted by Crippen LogP contribution is 2.52. The average molecular weight is 699 g/mol. The van der Waals surface area contributed by atoms with Gasteiger partial charge in [-0.05, 0) is 116 Å². The third-order valence-electron chi connectivity index (χ3n) is 12.3. The van der Waals surface area contributed by atoms with Gasteiger partial charge in [0.1, 0.15) is 0 Å². The van der Waals surface area contributed by atoms with Crippen molar-refractivity contribution in [3.63, 3.8) is 0 Å². The molecule has 55 heavy (non-hydrogen) atoms. The van der Waals surface area contributed by atoms with E-state index in [-0.39, 0.29) is 5.41 Å². The van der Waals surface area contributed by atoms with Crippen molar-refractivity contribution in [2.24, 2.45) is 0 Å². The van der Waals surface area contributed by atoms with Crippen LogP contribution in [0.15, 0.2) is 194 Å². The topological polar surface area (TPSA) is 0 Å². The van der Waals surface area contributed by atoms with Crippen LogP contribution in [-0.4, -0.2) is 0 Å². The fraction of sp³-hybridized carbons (Fsp3) is 0.0545. The van der Waals surface area contributed by atoms with E-state index in [1.54, 1.807) is 0 Å². The van der Waals surface area contributed by atoms with Gasteiger partial charge in [0.05, 0.1) is 0 Å². The first kappa shape index (κ1) is 31.7. The zero-order valence-corrected chi connectivity index (χ0v) is 31.0. The molecule has 10 aromatic rings. The molecule has 0 atom stereocenters. The number of rotatable bonds is 4. The molecule has 10 aromatic carbocycles. The largest absolute Gasteiger partial charge is 0.0622 e. The smallest absolute Gasteiger partial charge is 0.0159 e. The van der Waals surface area contributed by atoms with Crippen molar-refractivity contribution in [3.8, 4) is 55.6 Å². The minimum atomic E-state index is -0.0720. The van der Waals surface area contributed by atoms with Gasteiger partial charge in [-0.2, -0.15) is 0 Å². The molecule has 0 saturated carbocycles. The van der Waals surface area contributed by atoms with Crippen LogP contribution in [-0.2, 0) is 5.41 Å². The number of hydrogen-bond donors (Lipinski definition) is 0. The predicted molar refractivity (Wildman–Crippen MR) is 236 cm³/mol. The molecule has 0 radical (unpaired) electrons. The van der Waals surface area contributed by atoms with Gasteiger partial charge < -0.3 is 0 Å². The van der Waals surface area contributed by atoms with Gasteiger partial charge in [-0.1, -0.05) is 202 Å². The lowest BCUT2D eigenvalue weighted by atomic mass is 9.81. The quantitative estimate of drug-likeness (QED) is 0.161. The Morgan fingerprint density at radius 1 is 0.273 bits per heavy atom.